The predicted octanol–water partition coefficient (Wildman–Crippen LogP) is 3.05. The van der Waals surface area contributed by atoms with Crippen molar-refractivity contribution in [3.63, 3.8) is 0 Å². The van der Waals surface area contributed by atoms with Crippen LogP contribution in [0.4, 0.5) is 11.9 Å². The summed E-state index contributed by atoms with van der Waals surface area (Å²) < 4.78 is 20.2. The summed E-state index contributed by atoms with van der Waals surface area (Å²) in [6, 6.07) is 18.7. The normalized spacial score (nSPS) is 16.4. The van der Waals surface area contributed by atoms with Crippen molar-refractivity contribution in [2.75, 3.05) is 56.3 Å². The lowest BCUT2D eigenvalue weighted by molar-refractivity contribution is -0.498. The number of hydrogen-bond acceptors (Lipinski definition) is 5. The van der Waals surface area contributed by atoms with Crippen molar-refractivity contribution in [3.8, 4) is 0 Å². The van der Waals surface area contributed by atoms with Gasteiger partial charge >= 0.3 is 17.9 Å². The zero-order chi connectivity index (χ0) is 26.1. The molecule has 1 aromatic carbocycles. The minimum Gasteiger partial charge on any atom is -0.465 e. The Bertz CT molecular complexity index is 1930. The third-order valence-electron chi connectivity index (χ3n) is 8.27. The summed E-state index contributed by atoms with van der Waals surface area (Å²) in [6.07, 6.45) is 6.64. The number of carbonyl (C=O) groups is 1. The van der Waals surface area contributed by atoms with Crippen LogP contribution in [0.2, 0.25) is 0 Å². The Morgan fingerprint density at radius 3 is 1.97 bits per heavy atom. The van der Waals surface area contributed by atoms with E-state index in [2.05, 4.69) is 82.3 Å². The van der Waals surface area contributed by atoms with Gasteiger partial charge in [0.05, 0.1) is 64.5 Å². The van der Waals surface area contributed by atoms with Crippen LogP contribution in [0, 0.1) is 0 Å². The average molecular weight is 523 g/mol. The lowest BCUT2D eigenvalue weighted by Gasteiger charge is -2.22. The van der Waals surface area contributed by atoms with E-state index in [4.69, 9.17) is 9.47 Å². The van der Waals surface area contributed by atoms with Crippen molar-refractivity contribution >= 4 is 51.0 Å². The van der Waals surface area contributed by atoms with E-state index in [9.17, 15) is 4.79 Å². The molecule has 0 N–H and O–H groups in total. The van der Waals surface area contributed by atoms with E-state index in [0.717, 1.165) is 71.2 Å². The van der Waals surface area contributed by atoms with Crippen LogP contribution < -0.4 is 18.6 Å². The molecule has 8 rings (SSSR count). The first-order valence-electron chi connectivity index (χ1n) is 13.7. The topological polar surface area (TPSA) is 59.0 Å². The van der Waals surface area contributed by atoms with Gasteiger partial charge in [-0.1, -0.05) is 12.1 Å². The van der Waals surface area contributed by atoms with Crippen molar-refractivity contribution in [2.24, 2.45) is 0 Å². The van der Waals surface area contributed by atoms with Crippen molar-refractivity contribution in [2.45, 2.75) is 12.8 Å². The van der Waals surface area contributed by atoms with Crippen LogP contribution in [-0.4, -0.2) is 61.3 Å². The molecular weight excluding hydrogens is 492 g/mol. The Kier molecular flexibility index (Phi) is 4.97. The number of aromatic nitrogens is 4. The number of methoxy groups -OCH3 is 1. The molecule has 0 spiro atoms. The third kappa shape index (κ3) is 3.13. The number of ether oxygens (including phenoxy) is 2. The molecule has 0 unspecified atom stereocenters. The Morgan fingerprint density at radius 2 is 1.36 bits per heavy atom. The summed E-state index contributed by atoms with van der Waals surface area (Å²) in [4.78, 5) is 17.6. The number of rotatable bonds is 3. The third-order valence-corrected chi connectivity index (χ3v) is 8.27. The maximum Gasteiger partial charge on any atom is 0.370 e. The number of benzene rings is 1. The van der Waals surface area contributed by atoms with Crippen LogP contribution in [0.5, 0.6) is 0 Å². The number of fused-ring (bicyclic) bond motifs is 10. The van der Waals surface area contributed by atoms with Gasteiger partial charge in [0.2, 0.25) is 0 Å². The van der Waals surface area contributed by atoms with E-state index < -0.39 is 0 Å². The van der Waals surface area contributed by atoms with E-state index in [1.807, 2.05) is 12.1 Å². The summed E-state index contributed by atoms with van der Waals surface area (Å²) in [6.45, 7) is 5.01. The summed E-state index contributed by atoms with van der Waals surface area (Å²) in [5.74, 6) is 1.88. The molecule has 0 saturated carbocycles. The molecule has 196 valence electrons. The lowest BCUT2D eigenvalue weighted by atomic mass is 10.1. The molecule has 5 aromatic heterocycles. The van der Waals surface area contributed by atoms with E-state index in [1.54, 1.807) is 0 Å². The first-order chi connectivity index (χ1) is 19.3. The minimum absolute atomic E-state index is 0.335. The molecule has 0 aliphatic carbocycles. The predicted molar refractivity (Wildman–Crippen MR) is 148 cm³/mol. The number of anilines is 2. The Labute approximate surface area is 224 Å². The zero-order valence-electron chi connectivity index (χ0n) is 21.9. The number of nitrogens with zero attached hydrogens (tertiary/aromatic N) is 6. The van der Waals surface area contributed by atoms with Crippen LogP contribution in [0.1, 0.15) is 23.2 Å². The molecule has 6 aromatic rings. The summed E-state index contributed by atoms with van der Waals surface area (Å²) in [7, 11) is 1.44. The fraction of sp³-hybridized carbons (Fsp3) is 0.300. The van der Waals surface area contributed by atoms with Gasteiger partial charge in [-0.3, -0.25) is 9.80 Å². The van der Waals surface area contributed by atoms with Gasteiger partial charge in [-0.05, 0) is 55.3 Å². The Balaban J connectivity index is 1.65. The summed E-state index contributed by atoms with van der Waals surface area (Å²) >= 11 is 0. The van der Waals surface area contributed by atoms with Crippen molar-refractivity contribution in [1.82, 2.24) is 8.80 Å². The van der Waals surface area contributed by atoms with E-state index >= 15 is 0 Å². The van der Waals surface area contributed by atoms with Gasteiger partial charge in [0.15, 0.2) is 22.1 Å². The highest BCUT2D eigenvalue weighted by molar-refractivity contribution is 6.05. The smallest absolute Gasteiger partial charge is 0.370 e. The molecule has 9 nitrogen and oxygen atoms in total. The Hall–Kier alpha value is -4.37. The van der Waals surface area contributed by atoms with Gasteiger partial charge in [-0.2, -0.15) is 8.80 Å². The maximum absolute atomic E-state index is 12.7. The molecular formula is C30H30N6O3+2. The quantitative estimate of drug-likeness (QED) is 0.264. The largest absolute Gasteiger partial charge is 0.465 e. The first-order valence-corrected chi connectivity index (χ1v) is 13.7. The van der Waals surface area contributed by atoms with Gasteiger partial charge in [0.1, 0.15) is 11.0 Å². The molecule has 2 aliphatic rings. The van der Waals surface area contributed by atoms with Gasteiger partial charge in [0, 0.05) is 0 Å². The second-order valence-corrected chi connectivity index (χ2v) is 10.4. The maximum atomic E-state index is 12.7. The Morgan fingerprint density at radius 1 is 0.769 bits per heavy atom. The van der Waals surface area contributed by atoms with Crippen molar-refractivity contribution in [1.29, 1.82) is 0 Å². The zero-order valence-corrected chi connectivity index (χ0v) is 21.9. The number of pyridine rings is 2. The molecule has 2 fully saturated rings. The highest BCUT2D eigenvalue weighted by Crippen LogP contribution is 2.35. The molecule has 9 heteroatoms. The highest BCUT2D eigenvalue weighted by atomic mass is 16.5. The lowest BCUT2D eigenvalue weighted by Crippen LogP contribution is -2.42. The fourth-order valence-corrected chi connectivity index (χ4v) is 6.58. The van der Waals surface area contributed by atoms with Crippen molar-refractivity contribution < 1.29 is 23.1 Å². The summed E-state index contributed by atoms with van der Waals surface area (Å²) in [5, 5.41) is 0. The number of esters is 1. The molecule has 0 radical (unpaired) electrons. The second kappa shape index (κ2) is 8.57. The molecule has 0 amide bonds. The van der Waals surface area contributed by atoms with Crippen LogP contribution >= 0.6 is 0 Å². The number of carbonyl (C=O) groups excluding carboxylic acids is 1. The molecule has 7 heterocycles. The average Bonchev–Trinajstić information content (AvgIpc) is 3.72. The van der Waals surface area contributed by atoms with Gasteiger partial charge in [0.25, 0.3) is 0 Å². The van der Waals surface area contributed by atoms with Crippen LogP contribution in [0.3, 0.4) is 0 Å². The van der Waals surface area contributed by atoms with Crippen LogP contribution in [-0.2, 0) is 9.47 Å². The number of morpholine rings is 1. The number of hydrogen-bond donors (Lipinski definition) is 0. The molecule has 0 atom stereocenters. The molecule has 2 aliphatic heterocycles. The van der Waals surface area contributed by atoms with Gasteiger partial charge in [-0.25, -0.2) is 13.6 Å². The standard InChI is InChI=1S/C30H30N6O3/c1-38-28(37)21-10-11-22-25(20-21)36-27(24-9-3-4-14-33(24)29(36)31-12-6-7-13-31)26-23-8-2-5-15-34(23)30(35(22)26)32-16-18-39-19-17-32/h2-5,8-11,14-15,20H,6-7,12-13,16-19H2,1H3/q+2. The summed E-state index contributed by atoms with van der Waals surface area (Å²) in [5.41, 5.74) is 7.09. The van der Waals surface area contributed by atoms with E-state index in [0.29, 0.717) is 18.8 Å². The molecule has 39 heavy (non-hydrogen) atoms. The van der Waals surface area contributed by atoms with Crippen LogP contribution in [0.25, 0.3) is 33.1 Å². The first kappa shape index (κ1) is 22.6. The fourth-order valence-electron chi connectivity index (χ4n) is 6.58. The van der Waals surface area contributed by atoms with E-state index in [1.165, 1.54) is 20.0 Å². The monoisotopic (exact) mass is 522 g/mol. The molecule has 0 bridgehead atoms. The van der Waals surface area contributed by atoms with Gasteiger partial charge < -0.3 is 9.47 Å². The SMILES string of the molecule is COC(=O)c1ccc2c(c1)n1c(N3CCCC3)[n+]3ccccc3c1c1c3cccc[n+]3c(N3CCOCC3)n21. The second-order valence-electron chi connectivity index (χ2n) is 10.4. The minimum atomic E-state index is -0.335. The molecule has 2 saturated heterocycles. The van der Waals surface area contributed by atoms with Crippen LogP contribution in [0.15, 0.2) is 67.0 Å². The van der Waals surface area contributed by atoms with Gasteiger partial charge in [-0.15, -0.1) is 0 Å². The van der Waals surface area contributed by atoms with Crippen molar-refractivity contribution in [3.05, 3.63) is 72.6 Å². The highest BCUT2D eigenvalue weighted by Gasteiger charge is 2.37. The van der Waals surface area contributed by atoms with E-state index in [-0.39, 0.29) is 5.97 Å². The number of imidazole rings is 2.